The molecule has 0 radical (unpaired) electrons. The molecule has 0 saturated carbocycles. The van der Waals surface area contributed by atoms with Crippen LogP contribution in [0.3, 0.4) is 0 Å². The van der Waals surface area contributed by atoms with Gasteiger partial charge in [-0.2, -0.15) is 0 Å². The monoisotopic (exact) mass is 283 g/mol. The normalized spacial score (nSPS) is 12.0. The van der Waals surface area contributed by atoms with Gasteiger partial charge in [0.25, 0.3) is 0 Å². The summed E-state index contributed by atoms with van der Waals surface area (Å²) in [4.78, 5) is 1.28. The molecule has 3 rings (SSSR count). The number of nitrogens with zero attached hydrogens (tertiary/aromatic N) is 3. The number of rotatable bonds is 1. The van der Waals surface area contributed by atoms with Gasteiger partial charge in [-0.25, -0.2) is 0 Å². The molecule has 0 saturated heterocycles. The summed E-state index contributed by atoms with van der Waals surface area (Å²) in [5.74, 6) is -0.0522. The number of aromatic hydroxyl groups is 2. The minimum absolute atomic E-state index is 0.00260. The SMILES string of the molecule is CC(C)(C)c1ccc(O)c(-n2nc3ccccc3n2)c1O. The molecule has 0 atom stereocenters. The Bertz CT molecular complexity index is 783. The van der Waals surface area contributed by atoms with Crippen molar-refractivity contribution >= 4 is 11.0 Å². The summed E-state index contributed by atoms with van der Waals surface area (Å²) in [5, 5.41) is 29.2. The Morgan fingerprint density at radius 3 is 2.00 bits per heavy atom. The number of hydrogen-bond acceptors (Lipinski definition) is 4. The fourth-order valence-corrected chi connectivity index (χ4v) is 2.33. The van der Waals surface area contributed by atoms with Crippen LogP contribution in [-0.4, -0.2) is 25.2 Å². The van der Waals surface area contributed by atoms with Crippen molar-refractivity contribution < 1.29 is 10.2 Å². The predicted octanol–water partition coefficient (Wildman–Crippen LogP) is 3.13. The van der Waals surface area contributed by atoms with Gasteiger partial charge in [0.2, 0.25) is 0 Å². The molecular weight excluding hydrogens is 266 g/mol. The molecule has 0 bridgehead atoms. The van der Waals surface area contributed by atoms with Gasteiger partial charge in [-0.05, 0) is 23.6 Å². The van der Waals surface area contributed by atoms with E-state index in [1.807, 2.05) is 45.0 Å². The van der Waals surface area contributed by atoms with E-state index in [1.165, 1.54) is 4.80 Å². The van der Waals surface area contributed by atoms with E-state index in [-0.39, 0.29) is 22.6 Å². The van der Waals surface area contributed by atoms with Crippen LogP contribution < -0.4 is 0 Å². The molecule has 0 aliphatic carbocycles. The summed E-state index contributed by atoms with van der Waals surface area (Å²) in [6.45, 7) is 5.99. The molecule has 2 N–H and O–H groups in total. The molecule has 1 aromatic heterocycles. The Balaban J connectivity index is 2.26. The van der Waals surface area contributed by atoms with Gasteiger partial charge < -0.3 is 10.2 Å². The fourth-order valence-electron chi connectivity index (χ4n) is 2.33. The molecule has 1 heterocycles. The van der Waals surface area contributed by atoms with Crippen molar-refractivity contribution in [1.82, 2.24) is 15.0 Å². The molecule has 0 unspecified atom stereocenters. The lowest BCUT2D eigenvalue weighted by Gasteiger charge is -2.21. The minimum atomic E-state index is -0.251. The molecule has 0 aliphatic rings. The summed E-state index contributed by atoms with van der Waals surface area (Å²) in [6.07, 6.45) is 0. The van der Waals surface area contributed by atoms with Crippen molar-refractivity contribution in [2.75, 3.05) is 0 Å². The second-order valence-corrected chi connectivity index (χ2v) is 6.06. The summed E-state index contributed by atoms with van der Waals surface area (Å²) >= 11 is 0. The second-order valence-electron chi connectivity index (χ2n) is 6.06. The number of phenols is 2. The molecule has 108 valence electrons. The van der Waals surface area contributed by atoms with E-state index in [9.17, 15) is 10.2 Å². The standard InChI is InChI=1S/C16H17N3O2/c1-16(2,3)10-8-9-13(20)14(15(10)21)19-17-11-6-4-5-7-12(11)18-19/h4-9,20-21H,1-3H3. The molecule has 5 heteroatoms. The lowest BCUT2D eigenvalue weighted by atomic mass is 9.86. The molecule has 21 heavy (non-hydrogen) atoms. The summed E-state index contributed by atoms with van der Waals surface area (Å²) in [7, 11) is 0. The van der Waals surface area contributed by atoms with Gasteiger partial charge in [0.15, 0.2) is 11.4 Å². The Hall–Kier alpha value is -2.56. The molecule has 3 aromatic rings. The van der Waals surface area contributed by atoms with Crippen LogP contribution in [0, 0.1) is 0 Å². The van der Waals surface area contributed by atoms with Crippen molar-refractivity contribution in [1.29, 1.82) is 0 Å². The highest BCUT2D eigenvalue weighted by molar-refractivity contribution is 5.74. The minimum Gasteiger partial charge on any atom is -0.505 e. The maximum absolute atomic E-state index is 10.5. The maximum Gasteiger partial charge on any atom is 0.169 e. The van der Waals surface area contributed by atoms with E-state index < -0.39 is 0 Å². The average Bonchev–Trinajstić information content (AvgIpc) is 2.80. The van der Waals surface area contributed by atoms with Gasteiger partial charge in [-0.1, -0.05) is 39.0 Å². The lowest BCUT2D eigenvalue weighted by Crippen LogP contribution is -2.13. The van der Waals surface area contributed by atoms with Crippen LogP contribution in [0.2, 0.25) is 0 Å². The number of fused-ring (bicyclic) bond motifs is 1. The molecule has 2 aromatic carbocycles. The van der Waals surface area contributed by atoms with Gasteiger partial charge >= 0.3 is 0 Å². The van der Waals surface area contributed by atoms with Gasteiger partial charge in [0.1, 0.15) is 16.8 Å². The van der Waals surface area contributed by atoms with Crippen molar-refractivity contribution in [3.63, 3.8) is 0 Å². The van der Waals surface area contributed by atoms with E-state index in [4.69, 9.17) is 0 Å². The molecule has 0 aliphatic heterocycles. The Morgan fingerprint density at radius 2 is 1.48 bits per heavy atom. The lowest BCUT2D eigenvalue weighted by molar-refractivity contribution is 0.421. The Kier molecular flexibility index (Phi) is 2.86. The highest BCUT2D eigenvalue weighted by atomic mass is 16.3. The number of hydrogen-bond donors (Lipinski definition) is 2. The van der Waals surface area contributed by atoms with Crippen molar-refractivity contribution in [3.8, 4) is 17.2 Å². The van der Waals surface area contributed by atoms with Crippen LogP contribution in [0.4, 0.5) is 0 Å². The van der Waals surface area contributed by atoms with E-state index in [2.05, 4.69) is 10.2 Å². The zero-order chi connectivity index (χ0) is 15.2. The average molecular weight is 283 g/mol. The van der Waals surface area contributed by atoms with Crippen LogP contribution in [0.1, 0.15) is 26.3 Å². The topological polar surface area (TPSA) is 71.2 Å². The molecular formula is C16H17N3O2. The third kappa shape index (κ3) is 2.20. The first-order valence-electron chi connectivity index (χ1n) is 6.76. The third-order valence-electron chi connectivity index (χ3n) is 3.42. The number of aromatic nitrogens is 3. The number of benzene rings is 2. The third-order valence-corrected chi connectivity index (χ3v) is 3.42. The smallest absolute Gasteiger partial charge is 0.169 e. The quantitative estimate of drug-likeness (QED) is 0.719. The van der Waals surface area contributed by atoms with Crippen LogP contribution >= 0.6 is 0 Å². The zero-order valence-corrected chi connectivity index (χ0v) is 12.2. The van der Waals surface area contributed by atoms with Gasteiger partial charge in [0.05, 0.1) is 0 Å². The highest BCUT2D eigenvalue weighted by Crippen LogP contribution is 2.39. The van der Waals surface area contributed by atoms with Gasteiger partial charge in [-0.3, -0.25) is 0 Å². The highest BCUT2D eigenvalue weighted by Gasteiger charge is 2.24. The Labute approximate surface area is 122 Å². The van der Waals surface area contributed by atoms with E-state index in [1.54, 1.807) is 12.1 Å². The van der Waals surface area contributed by atoms with E-state index in [0.717, 1.165) is 5.56 Å². The largest absolute Gasteiger partial charge is 0.505 e. The number of phenolic OH excluding ortho intramolecular Hbond substituents is 2. The van der Waals surface area contributed by atoms with E-state index >= 15 is 0 Å². The van der Waals surface area contributed by atoms with Crippen LogP contribution in [0.5, 0.6) is 11.5 Å². The maximum atomic E-state index is 10.5. The molecule has 0 amide bonds. The molecule has 0 spiro atoms. The van der Waals surface area contributed by atoms with Crippen LogP contribution in [-0.2, 0) is 5.41 Å². The van der Waals surface area contributed by atoms with Crippen molar-refractivity contribution in [3.05, 3.63) is 42.0 Å². The first-order chi connectivity index (χ1) is 9.88. The Morgan fingerprint density at radius 1 is 0.905 bits per heavy atom. The fraction of sp³-hybridized carbons (Fsp3) is 0.250. The van der Waals surface area contributed by atoms with Gasteiger partial charge in [0, 0.05) is 5.56 Å². The second kappa shape index (κ2) is 4.48. The first kappa shape index (κ1) is 13.4. The zero-order valence-electron chi connectivity index (χ0n) is 12.2. The summed E-state index contributed by atoms with van der Waals surface area (Å²) in [5.41, 5.74) is 2.10. The molecule has 5 nitrogen and oxygen atoms in total. The first-order valence-corrected chi connectivity index (χ1v) is 6.76. The van der Waals surface area contributed by atoms with Crippen molar-refractivity contribution in [2.24, 2.45) is 0 Å². The van der Waals surface area contributed by atoms with Crippen LogP contribution in [0.15, 0.2) is 36.4 Å². The van der Waals surface area contributed by atoms with Crippen molar-refractivity contribution in [2.45, 2.75) is 26.2 Å². The van der Waals surface area contributed by atoms with Gasteiger partial charge in [-0.15, -0.1) is 15.0 Å². The summed E-state index contributed by atoms with van der Waals surface area (Å²) < 4.78 is 0. The molecule has 0 fully saturated rings. The predicted molar refractivity (Wildman–Crippen MR) is 80.9 cm³/mol. The van der Waals surface area contributed by atoms with E-state index in [0.29, 0.717) is 11.0 Å². The summed E-state index contributed by atoms with van der Waals surface area (Å²) in [6, 6.07) is 10.7. The van der Waals surface area contributed by atoms with Crippen LogP contribution in [0.25, 0.3) is 16.7 Å².